The van der Waals surface area contributed by atoms with Crippen molar-refractivity contribution >= 4 is 0 Å². The summed E-state index contributed by atoms with van der Waals surface area (Å²) in [6, 6.07) is 1.54. The molecule has 2 fully saturated rings. The van der Waals surface area contributed by atoms with Crippen LogP contribution in [-0.4, -0.2) is 36.6 Å². The van der Waals surface area contributed by atoms with Crippen LogP contribution >= 0.6 is 0 Å². The zero-order valence-corrected chi connectivity index (χ0v) is 7.51. The van der Waals surface area contributed by atoms with Crippen LogP contribution in [0.1, 0.15) is 20.3 Å². The Hall–Kier alpha value is -0.0800. The lowest BCUT2D eigenvalue weighted by Gasteiger charge is -2.33. The van der Waals surface area contributed by atoms with Crippen molar-refractivity contribution in [2.45, 2.75) is 32.4 Å². The van der Waals surface area contributed by atoms with E-state index >= 15 is 0 Å². The van der Waals surface area contributed by atoms with Crippen molar-refractivity contribution in [2.75, 3.05) is 19.6 Å². The molecule has 0 amide bonds. The Morgan fingerprint density at radius 2 is 2.18 bits per heavy atom. The standard InChI is InChI=1S/C9H18N2/c1-7(2)11-5-8-3-9(6-11)10-4-8/h7-10H,3-6H2,1-2H3/t8-,9-/m1/s1. The maximum Gasteiger partial charge on any atom is 0.0198 e. The molecule has 0 aromatic heterocycles. The molecule has 2 nitrogen and oxygen atoms in total. The van der Waals surface area contributed by atoms with E-state index in [1.54, 1.807) is 0 Å². The van der Waals surface area contributed by atoms with Gasteiger partial charge in [-0.15, -0.1) is 0 Å². The summed E-state index contributed by atoms with van der Waals surface area (Å²) in [5, 5.41) is 3.56. The summed E-state index contributed by atoms with van der Waals surface area (Å²) in [4.78, 5) is 2.60. The van der Waals surface area contributed by atoms with Gasteiger partial charge in [0, 0.05) is 25.2 Å². The molecule has 2 heteroatoms. The van der Waals surface area contributed by atoms with Gasteiger partial charge in [0.15, 0.2) is 0 Å². The third-order valence-electron chi connectivity index (χ3n) is 2.99. The van der Waals surface area contributed by atoms with Gasteiger partial charge in [0.05, 0.1) is 0 Å². The molecule has 2 atom stereocenters. The predicted octanol–water partition coefficient (Wildman–Crippen LogP) is 0.689. The molecule has 2 heterocycles. The molecule has 2 rings (SSSR count). The summed E-state index contributed by atoms with van der Waals surface area (Å²) in [5.41, 5.74) is 0. The first-order valence-electron chi connectivity index (χ1n) is 4.73. The number of nitrogens with one attached hydrogen (secondary N) is 1. The number of fused-ring (bicyclic) bond motifs is 2. The smallest absolute Gasteiger partial charge is 0.0198 e. The van der Waals surface area contributed by atoms with Gasteiger partial charge in [-0.3, -0.25) is 4.90 Å². The van der Waals surface area contributed by atoms with Crippen LogP contribution in [0, 0.1) is 5.92 Å². The highest BCUT2D eigenvalue weighted by Gasteiger charge is 2.32. The lowest BCUT2D eigenvalue weighted by atomic mass is 9.99. The normalized spacial score (nSPS) is 38.5. The van der Waals surface area contributed by atoms with Gasteiger partial charge in [0.2, 0.25) is 0 Å². The average Bonchev–Trinajstić information content (AvgIpc) is 2.30. The lowest BCUT2D eigenvalue weighted by molar-refractivity contribution is 0.155. The van der Waals surface area contributed by atoms with E-state index in [0.717, 1.165) is 18.0 Å². The van der Waals surface area contributed by atoms with E-state index < -0.39 is 0 Å². The first kappa shape index (κ1) is 7.56. The van der Waals surface area contributed by atoms with E-state index in [-0.39, 0.29) is 0 Å². The zero-order chi connectivity index (χ0) is 7.84. The van der Waals surface area contributed by atoms with Crippen LogP contribution in [0.25, 0.3) is 0 Å². The fraction of sp³-hybridized carbons (Fsp3) is 1.00. The van der Waals surface area contributed by atoms with Crippen LogP contribution in [0.2, 0.25) is 0 Å². The SMILES string of the molecule is CC(C)N1C[C@H]2CN[C@H](C2)C1. The number of rotatable bonds is 1. The molecule has 11 heavy (non-hydrogen) atoms. The summed E-state index contributed by atoms with van der Waals surface area (Å²) in [6.07, 6.45) is 1.42. The second-order valence-corrected chi connectivity index (χ2v) is 4.25. The minimum Gasteiger partial charge on any atom is -0.312 e. The Morgan fingerprint density at radius 1 is 1.36 bits per heavy atom. The van der Waals surface area contributed by atoms with E-state index in [4.69, 9.17) is 0 Å². The third kappa shape index (κ3) is 1.42. The van der Waals surface area contributed by atoms with Crippen LogP contribution in [0.5, 0.6) is 0 Å². The first-order chi connectivity index (χ1) is 5.25. The Labute approximate surface area is 69.0 Å². The van der Waals surface area contributed by atoms with Crippen molar-refractivity contribution in [2.24, 2.45) is 5.92 Å². The highest BCUT2D eigenvalue weighted by atomic mass is 15.2. The van der Waals surface area contributed by atoms with Gasteiger partial charge < -0.3 is 5.32 Å². The number of likely N-dealkylation sites (tertiary alicyclic amines) is 1. The van der Waals surface area contributed by atoms with Crippen LogP contribution in [0.3, 0.4) is 0 Å². The van der Waals surface area contributed by atoms with Gasteiger partial charge in [-0.05, 0) is 32.7 Å². The van der Waals surface area contributed by atoms with E-state index in [1.165, 1.54) is 26.1 Å². The second-order valence-electron chi connectivity index (χ2n) is 4.25. The minimum atomic E-state index is 0.736. The summed E-state index contributed by atoms with van der Waals surface area (Å²) in [7, 11) is 0. The summed E-state index contributed by atoms with van der Waals surface area (Å²) in [5.74, 6) is 0.941. The zero-order valence-electron chi connectivity index (χ0n) is 7.51. The van der Waals surface area contributed by atoms with Crippen LogP contribution in [-0.2, 0) is 0 Å². The molecule has 0 aliphatic carbocycles. The fourth-order valence-electron chi connectivity index (χ4n) is 2.29. The topological polar surface area (TPSA) is 15.3 Å². The maximum absolute atomic E-state index is 3.56. The largest absolute Gasteiger partial charge is 0.312 e. The fourth-order valence-corrected chi connectivity index (χ4v) is 2.29. The van der Waals surface area contributed by atoms with Crippen molar-refractivity contribution < 1.29 is 0 Å². The molecule has 2 bridgehead atoms. The van der Waals surface area contributed by atoms with Crippen molar-refractivity contribution in [3.05, 3.63) is 0 Å². The van der Waals surface area contributed by atoms with Crippen LogP contribution in [0.4, 0.5) is 0 Å². The van der Waals surface area contributed by atoms with Crippen LogP contribution in [0.15, 0.2) is 0 Å². The molecular weight excluding hydrogens is 136 g/mol. The molecule has 0 spiro atoms. The minimum absolute atomic E-state index is 0.736. The van der Waals surface area contributed by atoms with Crippen LogP contribution < -0.4 is 5.32 Å². The maximum atomic E-state index is 3.56. The molecule has 2 saturated heterocycles. The number of hydrogen-bond acceptors (Lipinski definition) is 2. The van der Waals surface area contributed by atoms with E-state index in [0.29, 0.717) is 0 Å². The van der Waals surface area contributed by atoms with Crippen molar-refractivity contribution in [1.29, 1.82) is 0 Å². The second kappa shape index (κ2) is 2.76. The van der Waals surface area contributed by atoms with E-state index in [9.17, 15) is 0 Å². The summed E-state index contributed by atoms with van der Waals surface area (Å²) in [6.45, 7) is 8.44. The first-order valence-corrected chi connectivity index (χ1v) is 4.73. The molecule has 2 aliphatic heterocycles. The van der Waals surface area contributed by atoms with Crippen molar-refractivity contribution in [1.82, 2.24) is 10.2 Å². The molecule has 64 valence electrons. The highest BCUT2D eigenvalue weighted by molar-refractivity contribution is 4.91. The predicted molar refractivity (Wildman–Crippen MR) is 46.6 cm³/mol. The van der Waals surface area contributed by atoms with Crippen molar-refractivity contribution in [3.8, 4) is 0 Å². The molecule has 2 aliphatic rings. The molecular formula is C9H18N2. The number of piperidine rings is 1. The molecule has 0 saturated carbocycles. The van der Waals surface area contributed by atoms with Gasteiger partial charge in [0.25, 0.3) is 0 Å². The summed E-state index contributed by atoms with van der Waals surface area (Å²) < 4.78 is 0. The Morgan fingerprint density at radius 3 is 2.82 bits per heavy atom. The number of nitrogens with zero attached hydrogens (tertiary/aromatic N) is 1. The van der Waals surface area contributed by atoms with E-state index in [1.807, 2.05) is 0 Å². The molecule has 0 aromatic rings. The third-order valence-corrected chi connectivity index (χ3v) is 2.99. The Balaban J connectivity index is 1.97. The van der Waals surface area contributed by atoms with E-state index in [2.05, 4.69) is 24.1 Å². The average molecular weight is 154 g/mol. The quantitative estimate of drug-likeness (QED) is 0.598. The highest BCUT2D eigenvalue weighted by Crippen LogP contribution is 2.23. The number of hydrogen-bond donors (Lipinski definition) is 1. The van der Waals surface area contributed by atoms with Gasteiger partial charge in [-0.1, -0.05) is 0 Å². The van der Waals surface area contributed by atoms with Gasteiger partial charge in [-0.25, -0.2) is 0 Å². The van der Waals surface area contributed by atoms with Gasteiger partial charge >= 0.3 is 0 Å². The molecule has 0 unspecified atom stereocenters. The van der Waals surface area contributed by atoms with Crippen molar-refractivity contribution in [3.63, 3.8) is 0 Å². The Bertz CT molecular complexity index is 132. The van der Waals surface area contributed by atoms with Gasteiger partial charge in [0.1, 0.15) is 0 Å². The molecule has 0 radical (unpaired) electrons. The van der Waals surface area contributed by atoms with Gasteiger partial charge in [-0.2, -0.15) is 0 Å². The Kier molecular flexibility index (Phi) is 1.90. The monoisotopic (exact) mass is 154 g/mol. The lowest BCUT2D eigenvalue weighted by Crippen LogP contribution is -2.44. The molecule has 0 aromatic carbocycles. The summed E-state index contributed by atoms with van der Waals surface area (Å²) >= 11 is 0. The molecule has 1 N–H and O–H groups in total.